The monoisotopic (exact) mass is 310 g/mol. The minimum atomic E-state index is -1.64. The van der Waals surface area contributed by atoms with Crippen LogP contribution in [0.2, 0.25) is 0 Å². The number of H-pyrrole nitrogens is 1. The van der Waals surface area contributed by atoms with Crippen molar-refractivity contribution >= 4 is 5.91 Å². The van der Waals surface area contributed by atoms with E-state index >= 15 is 0 Å². The van der Waals surface area contributed by atoms with E-state index in [-0.39, 0.29) is 6.04 Å². The lowest BCUT2D eigenvalue weighted by Gasteiger charge is -2.34. The lowest BCUT2D eigenvalue weighted by molar-refractivity contribution is 0.0594. The van der Waals surface area contributed by atoms with Crippen LogP contribution in [0, 0.1) is 17.5 Å². The number of halogens is 3. The summed E-state index contributed by atoms with van der Waals surface area (Å²) < 4.78 is 40.2. The van der Waals surface area contributed by atoms with Gasteiger partial charge in [0.05, 0.1) is 11.6 Å². The fourth-order valence-electron chi connectivity index (χ4n) is 2.68. The van der Waals surface area contributed by atoms with Crippen molar-refractivity contribution in [1.82, 2.24) is 20.1 Å². The van der Waals surface area contributed by atoms with E-state index in [1.807, 2.05) is 0 Å². The second-order valence-electron chi connectivity index (χ2n) is 5.10. The molecule has 0 radical (unpaired) electrons. The van der Waals surface area contributed by atoms with Crippen LogP contribution in [0.15, 0.2) is 18.5 Å². The molecule has 0 bridgehead atoms. The van der Waals surface area contributed by atoms with E-state index in [0.29, 0.717) is 18.8 Å². The van der Waals surface area contributed by atoms with Crippen molar-refractivity contribution in [2.75, 3.05) is 6.54 Å². The second kappa shape index (κ2) is 5.78. The quantitative estimate of drug-likeness (QED) is 0.867. The fourth-order valence-corrected chi connectivity index (χ4v) is 2.68. The summed E-state index contributed by atoms with van der Waals surface area (Å²) >= 11 is 0. The SMILES string of the molecule is O=C(c1ccc(F)c(F)c1F)N1CCCCC1c1ncn[nH]1. The molecular formula is C14H13F3N4O. The maximum absolute atomic E-state index is 13.8. The lowest BCUT2D eigenvalue weighted by Crippen LogP contribution is -2.39. The maximum atomic E-state index is 13.8. The number of aromatic nitrogens is 3. The number of likely N-dealkylation sites (tertiary alicyclic amines) is 1. The van der Waals surface area contributed by atoms with Crippen molar-refractivity contribution < 1.29 is 18.0 Å². The zero-order valence-corrected chi connectivity index (χ0v) is 11.5. The third kappa shape index (κ3) is 2.44. The number of aromatic amines is 1. The average Bonchev–Trinajstić information content (AvgIpc) is 3.06. The van der Waals surface area contributed by atoms with Crippen molar-refractivity contribution in [1.29, 1.82) is 0 Å². The third-order valence-corrected chi connectivity index (χ3v) is 3.78. The van der Waals surface area contributed by atoms with Crippen LogP contribution >= 0.6 is 0 Å². The largest absolute Gasteiger partial charge is 0.328 e. The van der Waals surface area contributed by atoms with Crippen molar-refractivity contribution in [3.8, 4) is 0 Å². The van der Waals surface area contributed by atoms with E-state index in [2.05, 4.69) is 15.2 Å². The summed E-state index contributed by atoms with van der Waals surface area (Å²) in [5.41, 5.74) is -0.481. The number of carbonyl (C=O) groups excluding carboxylic acids is 1. The van der Waals surface area contributed by atoms with E-state index in [9.17, 15) is 18.0 Å². The van der Waals surface area contributed by atoms with Crippen molar-refractivity contribution in [2.24, 2.45) is 0 Å². The van der Waals surface area contributed by atoms with E-state index in [1.54, 1.807) is 0 Å². The number of piperidine rings is 1. The molecule has 116 valence electrons. The van der Waals surface area contributed by atoms with Crippen LogP contribution in [0.1, 0.15) is 41.5 Å². The molecule has 8 heteroatoms. The predicted octanol–water partition coefficient (Wildman–Crippen LogP) is 2.59. The molecule has 1 aromatic carbocycles. The van der Waals surface area contributed by atoms with Gasteiger partial charge in [-0.05, 0) is 31.4 Å². The molecule has 2 aromatic rings. The van der Waals surface area contributed by atoms with Crippen LogP contribution in [-0.4, -0.2) is 32.5 Å². The van der Waals surface area contributed by atoms with Gasteiger partial charge in [-0.25, -0.2) is 18.2 Å². The van der Waals surface area contributed by atoms with E-state index in [1.165, 1.54) is 11.2 Å². The zero-order valence-electron chi connectivity index (χ0n) is 11.5. The van der Waals surface area contributed by atoms with Crippen molar-refractivity contribution in [3.05, 3.63) is 47.3 Å². The van der Waals surface area contributed by atoms with Gasteiger partial charge >= 0.3 is 0 Å². The number of amides is 1. The minimum Gasteiger partial charge on any atom is -0.328 e. The molecule has 1 fully saturated rings. The van der Waals surface area contributed by atoms with Crippen LogP contribution in [0.4, 0.5) is 13.2 Å². The first-order chi connectivity index (χ1) is 10.6. The van der Waals surface area contributed by atoms with E-state index in [0.717, 1.165) is 25.0 Å². The molecule has 0 aliphatic carbocycles. The van der Waals surface area contributed by atoms with Gasteiger partial charge in [0.1, 0.15) is 12.2 Å². The number of hydrogen-bond acceptors (Lipinski definition) is 3. The first-order valence-electron chi connectivity index (χ1n) is 6.89. The highest BCUT2D eigenvalue weighted by molar-refractivity contribution is 5.94. The molecule has 0 saturated carbocycles. The van der Waals surface area contributed by atoms with Gasteiger partial charge in [0.2, 0.25) is 0 Å². The van der Waals surface area contributed by atoms with E-state index < -0.39 is 28.9 Å². The van der Waals surface area contributed by atoms with Gasteiger partial charge in [0.25, 0.3) is 5.91 Å². The predicted molar refractivity (Wildman–Crippen MR) is 70.3 cm³/mol. The Kier molecular flexibility index (Phi) is 3.82. The number of hydrogen-bond donors (Lipinski definition) is 1. The molecule has 22 heavy (non-hydrogen) atoms. The number of nitrogens with one attached hydrogen (secondary N) is 1. The molecule has 5 nitrogen and oxygen atoms in total. The molecule has 3 rings (SSSR count). The third-order valence-electron chi connectivity index (χ3n) is 3.78. The standard InChI is InChI=1S/C14H13F3N4O/c15-9-5-4-8(11(16)12(9)17)14(22)21-6-2-1-3-10(21)13-18-7-19-20-13/h4-5,7,10H,1-3,6H2,(H,18,19,20). The Balaban J connectivity index is 1.94. The van der Waals surface area contributed by atoms with Gasteiger partial charge in [-0.15, -0.1) is 0 Å². The molecule has 2 heterocycles. The molecular weight excluding hydrogens is 297 g/mol. The summed E-state index contributed by atoms with van der Waals surface area (Å²) in [6, 6.07) is 1.33. The fraction of sp³-hybridized carbons (Fsp3) is 0.357. The second-order valence-corrected chi connectivity index (χ2v) is 5.10. The molecule has 1 unspecified atom stereocenters. The van der Waals surface area contributed by atoms with E-state index in [4.69, 9.17) is 0 Å². The van der Waals surface area contributed by atoms with Gasteiger partial charge in [-0.2, -0.15) is 5.10 Å². The van der Waals surface area contributed by atoms with Crippen LogP contribution in [0.5, 0.6) is 0 Å². The van der Waals surface area contributed by atoms with Crippen LogP contribution in [0.25, 0.3) is 0 Å². The molecule has 1 atom stereocenters. The number of rotatable bonds is 2. The van der Waals surface area contributed by atoms with Gasteiger partial charge < -0.3 is 4.90 Å². The smallest absolute Gasteiger partial charge is 0.257 e. The lowest BCUT2D eigenvalue weighted by atomic mass is 10.00. The Morgan fingerprint density at radius 2 is 2.05 bits per heavy atom. The number of nitrogens with zero attached hydrogens (tertiary/aromatic N) is 3. The Morgan fingerprint density at radius 1 is 1.23 bits per heavy atom. The van der Waals surface area contributed by atoms with Crippen LogP contribution in [-0.2, 0) is 0 Å². The summed E-state index contributed by atoms with van der Waals surface area (Å²) in [7, 11) is 0. The summed E-state index contributed by atoms with van der Waals surface area (Å²) in [5.74, 6) is -4.61. The zero-order chi connectivity index (χ0) is 15.7. The molecule has 1 amide bonds. The first-order valence-corrected chi connectivity index (χ1v) is 6.89. The van der Waals surface area contributed by atoms with Crippen molar-refractivity contribution in [3.63, 3.8) is 0 Å². The molecule has 1 aliphatic heterocycles. The van der Waals surface area contributed by atoms with Gasteiger partial charge in [0.15, 0.2) is 17.5 Å². The summed E-state index contributed by atoms with van der Waals surface area (Å²) in [5, 5.41) is 6.44. The van der Waals surface area contributed by atoms with Crippen LogP contribution in [0.3, 0.4) is 0 Å². The van der Waals surface area contributed by atoms with Gasteiger partial charge in [0, 0.05) is 6.54 Å². The molecule has 1 N–H and O–H groups in total. The molecule has 1 aromatic heterocycles. The highest BCUT2D eigenvalue weighted by Crippen LogP contribution is 2.30. The summed E-state index contributed by atoms with van der Waals surface area (Å²) in [6.07, 6.45) is 3.61. The maximum Gasteiger partial charge on any atom is 0.257 e. The molecule has 1 saturated heterocycles. The van der Waals surface area contributed by atoms with Gasteiger partial charge in [-0.1, -0.05) is 0 Å². The van der Waals surface area contributed by atoms with Crippen molar-refractivity contribution in [2.45, 2.75) is 25.3 Å². The topological polar surface area (TPSA) is 61.9 Å². The summed E-state index contributed by atoms with van der Waals surface area (Å²) in [4.78, 5) is 18.0. The highest BCUT2D eigenvalue weighted by Gasteiger charge is 2.32. The number of carbonyl (C=O) groups is 1. The Labute approximate surface area is 124 Å². The number of benzene rings is 1. The molecule has 0 spiro atoms. The molecule has 1 aliphatic rings. The Bertz CT molecular complexity index is 690. The average molecular weight is 310 g/mol. The Morgan fingerprint density at radius 3 is 2.77 bits per heavy atom. The normalized spacial score (nSPS) is 18.5. The van der Waals surface area contributed by atoms with Crippen LogP contribution < -0.4 is 0 Å². The van der Waals surface area contributed by atoms with Gasteiger partial charge in [-0.3, -0.25) is 9.89 Å². The minimum absolute atomic E-state index is 0.378. The summed E-state index contributed by atoms with van der Waals surface area (Å²) in [6.45, 7) is 0.392. The first kappa shape index (κ1) is 14.6. The Hall–Kier alpha value is -2.38. The highest BCUT2D eigenvalue weighted by atomic mass is 19.2.